The van der Waals surface area contributed by atoms with Crippen LogP contribution in [0, 0.1) is 5.41 Å². The lowest BCUT2D eigenvalue weighted by Gasteiger charge is -2.38. The van der Waals surface area contributed by atoms with Crippen molar-refractivity contribution in [2.24, 2.45) is 5.41 Å². The topological polar surface area (TPSA) is 127 Å². The van der Waals surface area contributed by atoms with Gasteiger partial charge < -0.3 is 24.8 Å². The summed E-state index contributed by atoms with van der Waals surface area (Å²) in [6, 6.07) is 0. The summed E-state index contributed by atoms with van der Waals surface area (Å²) in [6.45, 7) is 6.45. The Kier molecular flexibility index (Phi) is 5.35. The average Bonchev–Trinajstić information content (AvgIpc) is 2.94. The molecule has 1 saturated heterocycles. The van der Waals surface area contributed by atoms with Gasteiger partial charge in [-0.15, -0.1) is 5.10 Å². The van der Waals surface area contributed by atoms with E-state index in [0.717, 1.165) is 6.42 Å². The fourth-order valence-electron chi connectivity index (χ4n) is 2.27. The lowest BCUT2D eigenvalue weighted by Crippen LogP contribution is -2.56. The molecule has 1 fully saturated rings. The lowest BCUT2D eigenvalue weighted by atomic mass is 9.90. The van der Waals surface area contributed by atoms with Crippen LogP contribution in [0.2, 0.25) is 0 Å². The number of aliphatic hydroxyl groups excluding tert-OH is 3. The molecule has 9 nitrogen and oxygen atoms in total. The first kappa shape index (κ1) is 17.8. The van der Waals surface area contributed by atoms with Crippen LogP contribution < -0.4 is 0 Å². The molecule has 2 rings (SSSR count). The van der Waals surface area contributed by atoms with Gasteiger partial charge in [0.2, 0.25) is 6.29 Å². The number of aliphatic hydroxyl groups is 3. The highest BCUT2D eigenvalue weighted by molar-refractivity contribution is 5.37. The molecule has 3 N–H and O–H groups in total. The first-order chi connectivity index (χ1) is 10.7. The highest BCUT2D eigenvalue weighted by Gasteiger charge is 2.46. The number of hydrogen-bond donors (Lipinski definition) is 3. The zero-order valence-electron chi connectivity index (χ0n) is 13.4. The molecule has 5 atom stereocenters. The molecule has 0 radical (unpaired) electrons. The van der Waals surface area contributed by atoms with Crippen molar-refractivity contribution in [3.8, 4) is 0 Å². The van der Waals surface area contributed by atoms with Crippen LogP contribution in [0.5, 0.6) is 0 Å². The molecule has 0 aromatic carbocycles. The predicted molar refractivity (Wildman–Crippen MR) is 76.9 cm³/mol. The summed E-state index contributed by atoms with van der Waals surface area (Å²) in [7, 11) is 0. The highest BCUT2D eigenvalue weighted by Crippen LogP contribution is 2.28. The van der Waals surface area contributed by atoms with Crippen LogP contribution in [0.1, 0.15) is 39.1 Å². The zero-order valence-corrected chi connectivity index (χ0v) is 13.4. The summed E-state index contributed by atoms with van der Waals surface area (Å²) < 4.78 is 11.1. The van der Waals surface area contributed by atoms with E-state index in [9.17, 15) is 20.1 Å². The van der Waals surface area contributed by atoms with Gasteiger partial charge in [-0.2, -0.15) is 0 Å². The van der Waals surface area contributed by atoms with Crippen LogP contribution in [0.25, 0.3) is 0 Å². The molecule has 5 unspecified atom stereocenters. The quantitative estimate of drug-likeness (QED) is 0.609. The lowest BCUT2D eigenvalue weighted by molar-refractivity contribution is -0.304. The van der Waals surface area contributed by atoms with E-state index >= 15 is 0 Å². The summed E-state index contributed by atoms with van der Waals surface area (Å²) >= 11 is 0. The van der Waals surface area contributed by atoms with Gasteiger partial charge >= 0.3 is 0 Å². The van der Waals surface area contributed by atoms with Crippen LogP contribution in [0.15, 0.2) is 6.20 Å². The van der Waals surface area contributed by atoms with Crippen LogP contribution in [0.3, 0.4) is 0 Å². The average molecular weight is 329 g/mol. The molecule has 23 heavy (non-hydrogen) atoms. The number of nitrogens with zero attached hydrogens (tertiary/aromatic N) is 3. The molecule has 1 aromatic rings. The molecule has 1 aromatic heterocycles. The molecule has 1 aliphatic rings. The van der Waals surface area contributed by atoms with Crippen molar-refractivity contribution < 1.29 is 29.6 Å². The van der Waals surface area contributed by atoms with Crippen LogP contribution in [0.4, 0.5) is 0 Å². The van der Waals surface area contributed by atoms with Crippen LogP contribution in [-0.4, -0.2) is 61.4 Å². The van der Waals surface area contributed by atoms with Crippen molar-refractivity contribution in [1.29, 1.82) is 0 Å². The molecule has 0 aliphatic carbocycles. The minimum Gasteiger partial charge on any atom is -0.435 e. The van der Waals surface area contributed by atoms with Gasteiger partial charge in [0.15, 0.2) is 6.23 Å². The number of rotatable bonds is 5. The third-order valence-corrected chi connectivity index (χ3v) is 3.68. The molecular formula is C14H23N3O6. The van der Waals surface area contributed by atoms with Gasteiger partial charge in [-0.05, 0) is 18.3 Å². The van der Waals surface area contributed by atoms with Gasteiger partial charge in [-0.25, -0.2) is 4.68 Å². The highest BCUT2D eigenvalue weighted by atomic mass is 16.7. The summed E-state index contributed by atoms with van der Waals surface area (Å²) in [5.74, 6) is 0. The minimum absolute atomic E-state index is 0.103. The Balaban J connectivity index is 2.10. The molecule has 0 spiro atoms. The van der Waals surface area contributed by atoms with E-state index in [1.165, 1.54) is 4.68 Å². The maximum atomic E-state index is 10.4. The smallest absolute Gasteiger partial charge is 0.295 e. The predicted octanol–water partition coefficient (Wildman–Crippen LogP) is -0.633. The van der Waals surface area contributed by atoms with Gasteiger partial charge in [0.05, 0.1) is 11.9 Å². The molecule has 130 valence electrons. The number of carbonyl (C=O) groups is 1. The summed E-state index contributed by atoms with van der Waals surface area (Å²) in [4.78, 5) is 10.4. The molecule has 0 saturated carbocycles. The number of aromatic nitrogens is 3. The first-order valence-corrected chi connectivity index (χ1v) is 7.42. The molecule has 1 aliphatic heterocycles. The van der Waals surface area contributed by atoms with E-state index < -0.39 is 30.8 Å². The van der Waals surface area contributed by atoms with Crippen LogP contribution in [-0.2, 0) is 20.7 Å². The van der Waals surface area contributed by atoms with E-state index in [0.29, 0.717) is 12.1 Å². The normalized spacial score (nSPS) is 31.8. The van der Waals surface area contributed by atoms with Crippen molar-refractivity contribution in [2.45, 2.75) is 64.4 Å². The van der Waals surface area contributed by atoms with E-state index in [2.05, 4.69) is 35.8 Å². The van der Waals surface area contributed by atoms with Crippen molar-refractivity contribution in [3.05, 3.63) is 11.9 Å². The maximum absolute atomic E-state index is 10.4. The number of ether oxygens (including phenoxy) is 2. The van der Waals surface area contributed by atoms with E-state index in [-0.39, 0.29) is 11.9 Å². The van der Waals surface area contributed by atoms with Gasteiger partial charge in [0.1, 0.15) is 18.3 Å². The van der Waals surface area contributed by atoms with Crippen molar-refractivity contribution in [3.63, 3.8) is 0 Å². The third kappa shape index (κ3) is 4.25. The fraction of sp³-hybridized carbons (Fsp3) is 0.786. The molecule has 0 amide bonds. The minimum atomic E-state index is -1.55. The third-order valence-electron chi connectivity index (χ3n) is 3.68. The second-order valence-corrected chi connectivity index (χ2v) is 6.85. The Morgan fingerprint density at radius 3 is 2.61 bits per heavy atom. The second kappa shape index (κ2) is 6.91. The maximum Gasteiger partial charge on any atom is 0.295 e. The van der Waals surface area contributed by atoms with Crippen molar-refractivity contribution in [1.82, 2.24) is 15.0 Å². The van der Waals surface area contributed by atoms with E-state index in [1.54, 1.807) is 6.20 Å². The van der Waals surface area contributed by atoms with E-state index in [1.807, 2.05) is 0 Å². The Morgan fingerprint density at radius 1 is 1.30 bits per heavy atom. The first-order valence-electron chi connectivity index (χ1n) is 7.42. The van der Waals surface area contributed by atoms with Gasteiger partial charge in [-0.3, -0.25) is 4.79 Å². The van der Waals surface area contributed by atoms with Crippen LogP contribution >= 0.6 is 0 Å². The van der Waals surface area contributed by atoms with Crippen molar-refractivity contribution in [2.75, 3.05) is 0 Å². The molecule has 9 heteroatoms. The fourth-order valence-corrected chi connectivity index (χ4v) is 2.27. The Morgan fingerprint density at radius 2 is 2.00 bits per heavy atom. The summed E-state index contributed by atoms with van der Waals surface area (Å²) in [6.07, 6.45) is -3.83. The van der Waals surface area contributed by atoms with Gasteiger partial charge in [-0.1, -0.05) is 26.0 Å². The summed E-state index contributed by atoms with van der Waals surface area (Å²) in [5, 5.41) is 37.5. The van der Waals surface area contributed by atoms with Gasteiger partial charge in [0.25, 0.3) is 6.47 Å². The van der Waals surface area contributed by atoms with E-state index in [4.69, 9.17) is 4.74 Å². The van der Waals surface area contributed by atoms with Gasteiger partial charge in [0, 0.05) is 0 Å². The number of carbonyl (C=O) groups excluding carboxylic acids is 1. The summed E-state index contributed by atoms with van der Waals surface area (Å²) in [5.41, 5.74) is 0.859. The van der Waals surface area contributed by atoms with Crippen molar-refractivity contribution >= 4 is 6.47 Å². The standard InChI is InChI=1S/C14H23N3O6/c1-14(2,3)5-4-8-6-17(16-15-8)12-10(20)9(19)11(21)13(23-12)22-7-18/h6-7,9-13,19-21H,4-5H2,1-3H3. The Bertz CT molecular complexity index is 529. The molecule has 2 heterocycles. The largest absolute Gasteiger partial charge is 0.435 e. The monoisotopic (exact) mass is 329 g/mol. The number of hydrogen-bond acceptors (Lipinski definition) is 8. The molecular weight excluding hydrogens is 306 g/mol. The zero-order chi connectivity index (χ0) is 17.2. The SMILES string of the molecule is CC(C)(C)CCc1cn(C2OC(OC=O)C(O)C(O)C2O)nn1. The Hall–Kier alpha value is -1.55. The second-order valence-electron chi connectivity index (χ2n) is 6.85. The molecule has 0 bridgehead atoms. The number of aryl methyl sites for hydroxylation is 1. The Labute approximate surface area is 133 Å².